The molecular weight excluding hydrogens is 448 g/mol. The van der Waals surface area contributed by atoms with Crippen LogP contribution in [0.25, 0.3) is 11.1 Å². The Morgan fingerprint density at radius 1 is 1.09 bits per heavy atom. The van der Waals surface area contributed by atoms with Crippen molar-refractivity contribution in [2.75, 3.05) is 6.61 Å². The monoisotopic (exact) mass is 476 g/mol. The number of aromatic amines is 1. The summed E-state index contributed by atoms with van der Waals surface area (Å²) in [6.45, 7) is 2.24. The molecule has 9 nitrogen and oxygen atoms in total. The summed E-state index contributed by atoms with van der Waals surface area (Å²) in [7, 11) is 0. The Kier molecular flexibility index (Phi) is 7.45. The molecule has 1 atom stereocenters. The number of nitrogens with zero attached hydrogens (tertiary/aromatic N) is 1. The molecule has 35 heavy (non-hydrogen) atoms. The fraction of sp³-hybridized carbons (Fsp3) is 0.308. The lowest BCUT2D eigenvalue weighted by molar-refractivity contribution is -0.137. The van der Waals surface area contributed by atoms with Crippen molar-refractivity contribution < 1.29 is 24.2 Å². The van der Waals surface area contributed by atoms with E-state index in [0.717, 1.165) is 34.5 Å². The highest BCUT2D eigenvalue weighted by molar-refractivity contribution is 5.86. The third-order valence-electron chi connectivity index (χ3n) is 6.07. The maximum atomic E-state index is 12.7. The first-order valence-electron chi connectivity index (χ1n) is 11.6. The number of carboxylic acid groups (broad SMARTS) is 1. The van der Waals surface area contributed by atoms with Gasteiger partial charge in [-0.3, -0.25) is 9.59 Å². The number of rotatable bonds is 10. The third-order valence-corrected chi connectivity index (χ3v) is 6.07. The lowest BCUT2D eigenvalue weighted by Crippen LogP contribution is -2.47. The van der Waals surface area contributed by atoms with Crippen molar-refractivity contribution >= 4 is 18.0 Å². The highest BCUT2D eigenvalue weighted by atomic mass is 16.5. The average molecular weight is 477 g/mol. The van der Waals surface area contributed by atoms with Crippen molar-refractivity contribution in [1.29, 1.82) is 0 Å². The maximum Gasteiger partial charge on any atom is 0.407 e. The number of aromatic nitrogens is 2. The summed E-state index contributed by atoms with van der Waals surface area (Å²) < 4.78 is 5.51. The van der Waals surface area contributed by atoms with Crippen molar-refractivity contribution in [1.82, 2.24) is 20.6 Å². The van der Waals surface area contributed by atoms with Crippen LogP contribution in [0.5, 0.6) is 0 Å². The van der Waals surface area contributed by atoms with Crippen molar-refractivity contribution in [3.63, 3.8) is 0 Å². The molecule has 2 aromatic carbocycles. The SMILES string of the molecule is CCc1ncc(CNC(=O)C(CCC(=O)O)NC(=O)OCC2c3ccccc3-c3ccccc32)[nH]1. The number of amides is 2. The van der Waals surface area contributed by atoms with Crippen LogP contribution in [0.2, 0.25) is 0 Å². The van der Waals surface area contributed by atoms with Gasteiger partial charge in [0.2, 0.25) is 5.91 Å². The number of carbonyl (C=O) groups excluding carboxylic acids is 2. The van der Waals surface area contributed by atoms with Crippen molar-refractivity contribution in [2.45, 2.75) is 44.7 Å². The van der Waals surface area contributed by atoms with Crippen molar-refractivity contribution in [3.05, 3.63) is 77.4 Å². The molecule has 4 rings (SSSR count). The van der Waals surface area contributed by atoms with E-state index >= 15 is 0 Å². The van der Waals surface area contributed by atoms with Crippen LogP contribution >= 0.6 is 0 Å². The number of imidazole rings is 1. The van der Waals surface area contributed by atoms with E-state index < -0.39 is 24.0 Å². The van der Waals surface area contributed by atoms with Gasteiger partial charge < -0.3 is 25.5 Å². The lowest BCUT2D eigenvalue weighted by atomic mass is 9.98. The molecule has 0 aliphatic heterocycles. The predicted molar refractivity (Wildman–Crippen MR) is 129 cm³/mol. The fourth-order valence-corrected chi connectivity index (χ4v) is 4.30. The van der Waals surface area contributed by atoms with E-state index in [1.807, 2.05) is 55.5 Å². The number of ether oxygens (including phenoxy) is 1. The zero-order valence-corrected chi connectivity index (χ0v) is 19.4. The van der Waals surface area contributed by atoms with E-state index in [-0.39, 0.29) is 31.9 Å². The topological polar surface area (TPSA) is 133 Å². The summed E-state index contributed by atoms with van der Waals surface area (Å²) in [5.74, 6) is -0.869. The molecule has 1 heterocycles. The number of hydrogen-bond donors (Lipinski definition) is 4. The highest BCUT2D eigenvalue weighted by Gasteiger charge is 2.30. The van der Waals surface area contributed by atoms with Gasteiger partial charge in [-0.05, 0) is 28.7 Å². The molecule has 0 radical (unpaired) electrons. The smallest absolute Gasteiger partial charge is 0.407 e. The quantitative estimate of drug-likeness (QED) is 0.355. The van der Waals surface area contributed by atoms with Gasteiger partial charge in [-0.1, -0.05) is 55.5 Å². The molecule has 1 unspecified atom stereocenters. The van der Waals surface area contributed by atoms with Crippen molar-refractivity contribution in [2.24, 2.45) is 0 Å². The van der Waals surface area contributed by atoms with Crippen LogP contribution in [0.15, 0.2) is 54.7 Å². The summed E-state index contributed by atoms with van der Waals surface area (Å²) >= 11 is 0. The minimum Gasteiger partial charge on any atom is -0.481 e. The number of fused-ring (bicyclic) bond motifs is 3. The van der Waals surface area contributed by atoms with Gasteiger partial charge in [0.15, 0.2) is 0 Å². The highest BCUT2D eigenvalue weighted by Crippen LogP contribution is 2.44. The van der Waals surface area contributed by atoms with E-state index in [2.05, 4.69) is 20.6 Å². The van der Waals surface area contributed by atoms with Gasteiger partial charge in [-0.15, -0.1) is 0 Å². The molecular formula is C26H28N4O5. The van der Waals surface area contributed by atoms with Crippen LogP contribution in [-0.2, 0) is 27.3 Å². The molecule has 2 amide bonds. The van der Waals surface area contributed by atoms with Crippen LogP contribution in [0.1, 0.15) is 48.3 Å². The molecule has 3 aromatic rings. The summed E-state index contributed by atoms with van der Waals surface area (Å²) in [5.41, 5.74) is 5.09. The third kappa shape index (κ3) is 5.68. The van der Waals surface area contributed by atoms with Gasteiger partial charge in [0.05, 0.1) is 18.4 Å². The number of hydrogen-bond acceptors (Lipinski definition) is 5. The second kappa shape index (κ2) is 10.9. The largest absolute Gasteiger partial charge is 0.481 e. The molecule has 1 aliphatic carbocycles. The first kappa shape index (κ1) is 24.0. The summed E-state index contributed by atoms with van der Waals surface area (Å²) in [6.07, 6.45) is 1.26. The molecule has 1 aliphatic rings. The molecule has 0 bridgehead atoms. The van der Waals surface area contributed by atoms with Gasteiger partial charge in [0, 0.05) is 18.8 Å². The van der Waals surface area contributed by atoms with E-state index in [9.17, 15) is 14.4 Å². The Balaban J connectivity index is 1.38. The minimum atomic E-state index is -1.06. The van der Waals surface area contributed by atoms with Gasteiger partial charge in [0.1, 0.15) is 18.5 Å². The summed E-state index contributed by atoms with van der Waals surface area (Å²) in [4.78, 5) is 43.7. The van der Waals surface area contributed by atoms with Crippen LogP contribution in [0, 0.1) is 0 Å². The summed E-state index contributed by atoms with van der Waals surface area (Å²) in [5, 5.41) is 14.3. The number of aryl methyl sites for hydroxylation is 1. The number of carboxylic acids is 1. The maximum absolute atomic E-state index is 12.7. The summed E-state index contributed by atoms with van der Waals surface area (Å²) in [6, 6.07) is 14.9. The normalized spacial score (nSPS) is 12.9. The molecule has 9 heteroatoms. The molecule has 0 saturated heterocycles. The Morgan fingerprint density at radius 2 is 1.74 bits per heavy atom. The van der Waals surface area contributed by atoms with Crippen LogP contribution in [-0.4, -0.2) is 45.7 Å². The zero-order chi connectivity index (χ0) is 24.8. The minimum absolute atomic E-state index is 0.0610. The first-order chi connectivity index (χ1) is 17.0. The zero-order valence-electron chi connectivity index (χ0n) is 19.4. The number of nitrogens with one attached hydrogen (secondary N) is 3. The fourth-order valence-electron chi connectivity index (χ4n) is 4.30. The van der Waals surface area contributed by atoms with Crippen LogP contribution < -0.4 is 10.6 Å². The Morgan fingerprint density at radius 3 is 2.34 bits per heavy atom. The van der Waals surface area contributed by atoms with Crippen LogP contribution in [0.3, 0.4) is 0 Å². The van der Waals surface area contributed by atoms with E-state index in [4.69, 9.17) is 9.84 Å². The molecule has 0 fully saturated rings. The molecule has 182 valence electrons. The van der Waals surface area contributed by atoms with E-state index in [1.54, 1.807) is 6.20 Å². The second-order valence-corrected chi connectivity index (χ2v) is 8.38. The van der Waals surface area contributed by atoms with E-state index in [0.29, 0.717) is 5.69 Å². The molecule has 0 spiro atoms. The first-order valence-corrected chi connectivity index (χ1v) is 11.6. The molecule has 0 saturated carbocycles. The van der Waals surface area contributed by atoms with Crippen molar-refractivity contribution in [3.8, 4) is 11.1 Å². The van der Waals surface area contributed by atoms with Gasteiger partial charge in [-0.2, -0.15) is 0 Å². The van der Waals surface area contributed by atoms with Gasteiger partial charge in [0.25, 0.3) is 0 Å². The second-order valence-electron chi connectivity index (χ2n) is 8.38. The Bertz CT molecular complexity index is 1180. The van der Waals surface area contributed by atoms with Crippen LogP contribution in [0.4, 0.5) is 4.79 Å². The number of alkyl carbamates (subject to hydrolysis) is 1. The molecule has 1 aromatic heterocycles. The Labute approximate surface area is 202 Å². The van der Waals surface area contributed by atoms with E-state index in [1.165, 1.54) is 0 Å². The average Bonchev–Trinajstić information content (AvgIpc) is 3.46. The standard InChI is InChI=1S/C26H28N4O5/c1-2-23-27-13-16(29-23)14-28-25(33)22(11-12-24(31)32)30-26(34)35-15-21-19-9-5-3-7-17(19)18-8-4-6-10-20(18)21/h3-10,13,21-22H,2,11-12,14-15H2,1H3,(H,27,29)(H,28,33)(H,30,34)(H,31,32). The predicted octanol–water partition coefficient (Wildman–Crippen LogP) is 3.36. The molecule has 4 N–H and O–H groups in total. The number of H-pyrrole nitrogens is 1. The Hall–Kier alpha value is -4.14. The number of aliphatic carboxylic acids is 1. The van der Waals surface area contributed by atoms with Gasteiger partial charge >= 0.3 is 12.1 Å². The number of carbonyl (C=O) groups is 3. The van der Waals surface area contributed by atoms with Gasteiger partial charge in [-0.25, -0.2) is 9.78 Å². The number of benzene rings is 2. The lowest BCUT2D eigenvalue weighted by Gasteiger charge is -2.19.